The van der Waals surface area contributed by atoms with Crippen molar-refractivity contribution in [2.75, 3.05) is 6.54 Å². The molecule has 2 aromatic rings. The predicted molar refractivity (Wildman–Crippen MR) is 102 cm³/mol. The number of urea groups is 1. The molecule has 1 saturated carbocycles. The molecular formula is C20H24ClN3O2. The number of aromatic nitrogens is 1. The Morgan fingerprint density at radius 3 is 2.35 bits per heavy atom. The van der Waals surface area contributed by atoms with E-state index in [1.165, 1.54) is 0 Å². The highest BCUT2D eigenvalue weighted by molar-refractivity contribution is 6.30. The van der Waals surface area contributed by atoms with E-state index >= 15 is 0 Å². The van der Waals surface area contributed by atoms with E-state index in [1.807, 2.05) is 24.3 Å². The molecule has 0 spiro atoms. The molecule has 3 rings (SSSR count). The number of amides is 2. The monoisotopic (exact) mass is 373 g/mol. The van der Waals surface area contributed by atoms with Gasteiger partial charge in [-0.05, 0) is 48.2 Å². The first-order valence-electron chi connectivity index (χ1n) is 8.98. The van der Waals surface area contributed by atoms with Crippen molar-refractivity contribution in [2.45, 2.75) is 43.7 Å². The fraction of sp³-hybridized carbons (Fsp3) is 0.400. The van der Waals surface area contributed by atoms with Crippen LogP contribution in [0.25, 0.3) is 0 Å². The van der Waals surface area contributed by atoms with Gasteiger partial charge in [0.15, 0.2) is 0 Å². The predicted octanol–water partition coefficient (Wildman–Crippen LogP) is 3.82. The quantitative estimate of drug-likeness (QED) is 0.745. The average Bonchev–Trinajstić information content (AvgIpc) is 2.67. The second-order valence-corrected chi connectivity index (χ2v) is 7.31. The molecule has 1 aromatic heterocycles. The van der Waals surface area contributed by atoms with E-state index < -0.39 is 5.60 Å². The lowest BCUT2D eigenvalue weighted by Crippen LogP contribution is -2.48. The zero-order valence-electron chi connectivity index (χ0n) is 14.6. The van der Waals surface area contributed by atoms with Gasteiger partial charge in [0.2, 0.25) is 0 Å². The summed E-state index contributed by atoms with van der Waals surface area (Å²) in [7, 11) is 0. The topological polar surface area (TPSA) is 74.2 Å². The maximum Gasteiger partial charge on any atom is 0.315 e. The normalized spacial score (nSPS) is 17.3. The summed E-state index contributed by atoms with van der Waals surface area (Å²) in [5.74, 6) is 0. The fourth-order valence-electron chi connectivity index (χ4n) is 3.38. The minimum atomic E-state index is -0.790. The Morgan fingerprint density at radius 2 is 1.69 bits per heavy atom. The lowest BCUT2D eigenvalue weighted by Gasteiger charge is -2.32. The van der Waals surface area contributed by atoms with Gasteiger partial charge in [0, 0.05) is 24.0 Å². The maximum atomic E-state index is 12.5. The van der Waals surface area contributed by atoms with Crippen molar-refractivity contribution in [3.8, 4) is 0 Å². The second-order valence-electron chi connectivity index (χ2n) is 6.88. The Kier molecular flexibility index (Phi) is 6.12. The number of aliphatic hydroxyl groups is 1. The smallest absolute Gasteiger partial charge is 0.315 e. The van der Waals surface area contributed by atoms with E-state index in [1.54, 1.807) is 24.5 Å². The molecule has 1 heterocycles. The molecule has 0 radical (unpaired) electrons. The van der Waals surface area contributed by atoms with Gasteiger partial charge in [-0.1, -0.05) is 43.0 Å². The first kappa shape index (κ1) is 18.7. The number of benzene rings is 1. The second kappa shape index (κ2) is 8.52. The lowest BCUT2D eigenvalue weighted by atomic mass is 9.85. The Hall–Kier alpha value is -2.11. The SMILES string of the molecule is O=C(NCC1(O)CCCCC1)N[C@H](c1ccncc1)c1ccc(Cl)cc1. The summed E-state index contributed by atoms with van der Waals surface area (Å²) in [6, 6.07) is 10.5. The van der Waals surface area contributed by atoms with Crippen molar-refractivity contribution in [1.29, 1.82) is 0 Å². The van der Waals surface area contributed by atoms with Gasteiger partial charge in [0.25, 0.3) is 0 Å². The number of pyridine rings is 1. The van der Waals surface area contributed by atoms with E-state index in [0.29, 0.717) is 5.02 Å². The van der Waals surface area contributed by atoms with E-state index in [0.717, 1.165) is 43.2 Å². The van der Waals surface area contributed by atoms with Crippen molar-refractivity contribution in [2.24, 2.45) is 0 Å². The first-order valence-corrected chi connectivity index (χ1v) is 9.36. The van der Waals surface area contributed by atoms with Crippen molar-refractivity contribution < 1.29 is 9.90 Å². The van der Waals surface area contributed by atoms with Crippen molar-refractivity contribution in [3.63, 3.8) is 0 Å². The fourth-order valence-corrected chi connectivity index (χ4v) is 3.51. The van der Waals surface area contributed by atoms with Gasteiger partial charge < -0.3 is 15.7 Å². The third kappa shape index (κ3) is 4.96. The van der Waals surface area contributed by atoms with Gasteiger partial charge in [-0.2, -0.15) is 0 Å². The molecule has 1 atom stereocenters. The molecule has 6 heteroatoms. The highest BCUT2D eigenvalue weighted by Crippen LogP contribution is 2.27. The van der Waals surface area contributed by atoms with Gasteiger partial charge in [-0.3, -0.25) is 4.98 Å². The van der Waals surface area contributed by atoms with Crippen LogP contribution in [0.2, 0.25) is 5.02 Å². The number of carbonyl (C=O) groups is 1. The third-order valence-electron chi connectivity index (χ3n) is 4.88. The standard InChI is InChI=1S/C20H24ClN3O2/c21-17-6-4-15(5-7-17)18(16-8-12-22-13-9-16)24-19(25)23-14-20(26)10-2-1-3-11-20/h4-9,12-13,18,26H,1-3,10-11,14H2,(H2,23,24,25)/t18-/m0/s1. The zero-order chi connectivity index (χ0) is 18.4. The van der Waals surface area contributed by atoms with Crippen molar-refractivity contribution in [3.05, 3.63) is 64.9 Å². The van der Waals surface area contributed by atoms with E-state index in [4.69, 9.17) is 11.6 Å². The van der Waals surface area contributed by atoms with Crippen LogP contribution in [0.5, 0.6) is 0 Å². The first-order chi connectivity index (χ1) is 12.6. The Labute approximate surface area is 158 Å². The summed E-state index contributed by atoms with van der Waals surface area (Å²) >= 11 is 5.98. The zero-order valence-corrected chi connectivity index (χ0v) is 15.4. The molecule has 5 nitrogen and oxygen atoms in total. The maximum absolute atomic E-state index is 12.5. The van der Waals surface area contributed by atoms with Gasteiger partial charge in [0.1, 0.15) is 0 Å². The Bertz CT molecular complexity index is 716. The number of hydrogen-bond donors (Lipinski definition) is 3. The number of halogens is 1. The van der Waals surface area contributed by atoms with Crippen LogP contribution >= 0.6 is 11.6 Å². The molecule has 0 aliphatic heterocycles. The summed E-state index contributed by atoms with van der Waals surface area (Å²) in [5, 5.41) is 17.0. The molecule has 138 valence electrons. The van der Waals surface area contributed by atoms with E-state index in [9.17, 15) is 9.90 Å². The largest absolute Gasteiger partial charge is 0.388 e. The summed E-state index contributed by atoms with van der Waals surface area (Å²) in [6.07, 6.45) is 8.02. The van der Waals surface area contributed by atoms with Crippen LogP contribution in [0, 0.1) is 0 Å². The van der Waals surface area contributed by atoms with Gasteiger partial charge >= 0.3 is 6.03 Å². The summed E-state index contributed by atoms with van der Waals surface area (Å²) in [5.41, 5.74) is 1.06. The van der Waals surface area contributed by atoms with E-state index in [2.05, 4.69) is 15.6 Å². The molecule has 1 fully saturated rings. The average molecular weight is 374 g/mol. The van der Waals surface area contributed by atoms with Crippen molar-refractivity contribution >= 4 is 17.6 Å². The molecule has 1 aliphatic carbocycles. The molecule has 26 heavy (non-hydrogen) atoms. The summed E-state index contributed by atoms with van der Waals surface area (Å²) < 4.78 is 0. The highest BCUT2D eigenvalue weighted by Gasteiger charge is 2.29. The van der Waals surface area contributed by atoms with Crippen LogP contribution in [0.4, 0.5) is 4.79 Å². The minimum absolute atomic E-state index is 0.266. The number of rotatable bonds is 5. The molecule has 0 bridgehead atoms. The van der Waals surface area contributed by atoms with Crippen LogP contribution in [0.15, 0.2) is 48.8 Å². The van der Waals surface area contributed by atoms with Crippen LogP contribution in [0.1, 0.15) is 49.3 Å². The molecule has 0 unspecified atom stereocenters. The number of hydrogen-bond acceptors (Lipinski definition) is 3. The van der Waals surface area contributed by atoms with Gasteiger partial charge in [-0.15, -0.1) is 0 Å². The van der Waals surface area contributed by atoms with Crippen molar-refractivity contribution in [1.82, 2.24) is 15.6 Å². The lowest BCUT2D eigenvalue weighted by molar-refractivity contribution is 0.00715. The highest BCUT2D eigenvalue weighted by atomic mass is 35.5. The van der Waals surface area contributed by atoms with Gasteiger partial charge in [0.05, 0.1) is 11.6 Å². The number of carbonyl (C=O) groups excluding carboxylic acids is 1. The minimum Gasteiger partial charge on any atom is -0.388 e. The molecule has 1 aromatic carbocycles. The molecule has 0 saturated heterocycles. The Morgan fingerprint density at radius 1 is 1.08 bits per heavy atom. The molecule has 1 aliphatic rings. The van der Waals surface area contributed by atoms with Crippen LogP contribution in [-0.4, -0.2) is 28.3 Å². The molecule has 2 amide bonds. The molecular weight excluding hydrogens is 350 g/mol. The van der Waals surface area contributed by atoms with Gasteiger partial charge in [-0.25, -0.2) is 4.79 Å². The summed E-state index contributed by atoms with van der Waals surface area (Å²) in [6.45, 7) is 0.266. The Balaban J connectivity index is 1.69. The summed E-state index contributed by atoms with van der Waals surface area (Å²) in [4.78, 5) is 16.5. The van der Waals surface area contributed by atoms with Crippen LogP contribution in [0.3, 0.4) is 0 Å². The van der Waals surface area contributed by atoms with Crippen LogP contribution < -0.4 is 10.6 Å². The van der Waals surface area contributed by atoms with Crippen LogP contribution in [-0.2, 0) is 0 Å². The van der Waals surface area contributed by atoms with E-state index in [-0.39, 0.29) is 18.6 Å². The third-order valence-corrected chi connectivity index (χ3v) is 5.13. The molecule has 3 N–H and O–H groups in total. The number of nitrogens with zero attached hydrogens (tertiary/aromatic N) is 1. The number of nitrogens with one attached hydrogen (secondary N) is 2.